The van der Waals surface area contributed by atoms with Crippen LogP contribution in [0.4, 0.5) is 0 Å². The molecule has 0 aliphatic heterocycles. The molecule has 0 fully saturated rings. The predicted octanol–water partition coefficient (Wildman–Crippen LogP) is 4.46. The van der Waals surface area contributed by atoms with Gasteiger partial charge in [0.15, 0.2) is 0 Å². The maximum atomic E-state index is 6.18. The molecule has 1 aromatic carbocycles. The van der Waals surface area contributed by atoms with E-state index < -0.39 is 0 Å². The van der Waals surface area contributed by atoms with E-state index in [1.165, 1.54) is 10.9 Å². The largest absolute Gasteiger partial charge is 0.495 e. The number of rotatable bonds is 2. The predicted molar refractivity (Wildman–Crippen MR) is 66.0 cm³/mol. The van der Waals surface area contributed by atoms with E-state index in [0.717, 1.165) is 15.8 Å². The average molecular weight is 292 g/mol. The van der Waals surface area contributed by atoms with Crippen molar-refractivity contribution in [2.24, 2.45) is 0 Å². The molecule has 0 saturated heterocycles. The van der Waals surface area contributed by atoms with Crippen molar-refractivity contribution in [3.8, 4) is 5.75 Å². The summed E-state index contributed by atoms with van der Waals surface area (Å²) in [7, 11) is 1.63. The molecule has 0 N–H and O–H groups in total. The molecular formula is C10H8BrClOS. The van der Waals surface area contributed by atoms with Crippen LogP contribution in [0.25, 0.3) is 10.1 Å². The number of hydrogen-bond donors (Lipinski definition) is 0. The van der Waals surface area contributed by atoms with Gasteiger partial charge in [-0.05, 0) is 28.5 Å². The second-order valence-corrected chi connectivity index (χ2v) is 4.67. The van der Waals surface area contributed by atoms with Crippen LogP contribution >= 0.6 is 38.9 Å². The third-order valence-electron chi connectivity index (χ3n) is 2.09. The Morgan fingerprint density at radius 2 is 2.29 bits per heavy atom. The van der Waals surface area contributed by atoms with Crippen LogP contribution in [-0.2, 0) is 5.33 Å². The number of methoxy groups -OCH3 is 1. The van der Waals surface area contributed by atoms with Crippen LogP contribution < -0.4 is 4.74 Å². The van der Waals surface area contributed by atoms with Crippen molar-refractivity contribution < 1.29 is 4.74 Å². The molecule has 0 amide bonds. The Morgan fingerprint density at radius 1 is 1.50 bits per heavy atom. The lowest BCUT2D eigenvalue weighted by atomic mass is 10.2. The zero-order valence-electron chi connectivity index (χ0n) is 7.51. The smallest absolute Gasteiger partial charge is 0.138 e. The molecule has 1 heterocycles. The number of thiophene rings is 1. The van der Waals surface area contributed by atoms with E-state index in [0.29, 0.717) is 5.02 Å². The lowest BCUT2D eigenvalue weighted by molar-refractivity contribution is 0.415. The van der Waals surface area contributed by atoms with Gasteiger partial charge in [-0.25, -0.2) is 0 Å². The molecule has 0 radical (unpaired) electrons. The molecule has 0 atom stereocenters. The normalized spacial score (nSPS) is 10.8. The first-order valence-corrected chi connectivity index (χ1v) is 6.44. The van der Waals surface area contributed by atoms with Gasteiger partial charge in [0, 0.05) is 5.33 Å². The molecule has 2 rings (SSSR count). The van der Waals surface area contributed by atoms with E-state index in [1.807, 2.05) is 12.1 Å². The van der Waals surface area contributed by atoms with Crippen LogP contribution in [0.3, 0.4) is 0 Å². The van der Waals surface area contributed by atoms with Crippen molar-refractivity contribution in [2.75, 3.05) is 7.11 Å². The Hall–Kier alpha value is -0.250. The van der Waals surface area contributed by atoms with E-state index in [-0.39, 0.29) is 0 Å². The minimum Gasteiger partial charge on any atom is -0.495 e. The van der Waals surface area contributed by atoms with Crippen molar-refractivity contribution in [3.63, 3.8) is 0 Å². The van der Waals surface area contributed by atoms with Crippen molar-refractivity contribution in [1.29, 1.82) is 0 Å². The summed E-state index contributed by atoms with van der Waals surface area (Å²) < 4.78 is 6.26. The standard InChI is InChI=1S/C10H8BrClOS/c1-13-8-3-2-7-6(4-11)5-14-10(7)9(8)12/h2-3,5H,4H2,1H3. The fraction of sp³-hybridized carbons (Fsp3) is 0.200. The highest BCUT2D eigenvalue weighted by molar-refractivity contribution is 9.08. The molecule has 1 nitrogen and oxygen atoms in total. The summed E-state index contributed by atoms with van der Waals surface area (Å²) in [5.41, 5.74) is 1.27. The maximum Gasteiger partial charge on any atom is 0.138 e. The first-order chi connectivity index (χ1) is 6.77. The molecule has 14 heavy (non-hydrogen) atoms. The van der Waals surface area contributed by atoms with E-state index in [2.05, 4.69) is 21.3 Å². The summed E-state index contributed by atoms with van der Waals surface area (Å²) in [6.07, 6.45) is 0. The lowest BCUT2D eigenvalue weighted by Gasteiger charge is -2.03. The number of halogens is 2. The summed E-state index contributed by atoms with van der Waals surface area (Å²) in [5.74, 6) is 0.738. The Labute approximate surface area is 99.8 Å². The minimum atomic E-state index is 0.710. The third kappa shape index (κ3) is 1.53. The van der Waals surface area contributed by atoms with Crippen LogP contribution in [0.5, 0.6) is 5.75 Å². The molecule has 4 heteroatoms. The Bertz CT molecular complexity index is 466. The zero-order chi connectivity index (χ0) is 10.1. The van der Waals surface area contributed by atoms with Gasteiger partial charge in [-0.15, -0.1) is 11.3 Å². The summed E-state index contributed by atoms with van der Waals surface area (Å²) in [4.78, 5) is 0. The SMILES string of the molecule is COc1ccc2c(CBr)csc2c1Cl. The second-order valence-electron chi connectivity index (χ2n) is 2.85. The van der Waals surface area contributed by atoms with Gasteiger partial charge >= 0.3 is 0 Å². The molecule has 74 valence electrons. The zero-order valence-corrected chi connectivity index (χ0v) is 10.7. The molecule has 0 bridgehead atoms. The van der Waals surface area contributed by atoms with Crippen molar-refractivity contribution in [3.05, 3.63) is 28.1 Å². The highest BCUT2D eigenvalue weighted by Crippen LogP contribution is 2.38. The summed E-state index contributed by atoms with van der Waals surface area (Å²) in [6.45, 7) is 0. The fourth-order valence-electron chi connectivity index (χ4n) is 1.36. The molecule has 2 aromatic rings. The highest BCUT2D eigenvalue weighted by Gasteiger charge is 2.10. The van der Waals surface area contributed by atoms with E-state index in [1.54, 1.807) is 18.4 Å². The van der Waals surface area contributed by atoms with Gasteiger partial charge in [-0.3, -0.25) is 0 Å². The molecule has 0 aliphatic rings. The van der Waals surface area contributed by atoms with Gasteiger partial charge < -0.3 is 4.74 Å². The van der Waals surface area contributed by atoms with Crippen molar-refractivity contribution in [2.45, 2.75) is 5.33 Å². The van der Waals surface area contributed by atoms with Gasteiger partial charge in [-0.1, -0.05) is 27.5 Å². The lowest BCUT2D eigenvalue weighted by Crippen LogP contribution is -1.83. The quantitative estimate of drug-likeness (QED) is 0.742. The molecular weight excluding hydrogens is 284 g/mol. The highest BCUT2D eigenvalue weighted by atomic mass is 79.9. The number of fused-ring (bicyclic) bond motifs is 1. The van der Waals surface area contributed by atoms with Gasteiger partial charge in [0.05, 0.1) is 11.8 Å². The minimum absolute atomic E-state index is 0.710. The van der Waals surface area contributed by atoms with Gasteiger partial charge in [0.2, 0.25) is 0 Å². The first-order valence-electron chi connectivity index (χ1n) is 4.06. The first kappa shape index (κ1) is 10.3. The summed E-state index contributed by atoms with van der Waals surface area (Å²) in [6, 6.07) is 3.96. The number of benzene rings is 1. The van der Waals surface area contributed by atoms with Crippen LogP contribution in [0.2, 0.25) is 5.02 Å². The molecule has 0 spiro atoms. The van der Waals surface area contributed by atoms with Crippen molar-refractivity contribution >= 4 is 49.0 Å². The van der Waals surface area contributed by atoms with Crippen LogP contribution in [0.1, 0.15) is 5.56 Å². The Morgan fingerprint density at radius 3 is 2.93 bits per heavy atom. The fourth-order valence-corrected chi connectivity index (χ4v) is 3.42. The molecule has 0 saturated carbocycles. The Balaban J connectivity index is 2.72. The molecule has 0 unspecified atom stereocenters. The molecule has 1 aromatic heterocycles. The Kier molecular flexibility index (Phi) is 3.00. The maximum absolute atomic E-state index is 6.18. The third-order valence-corrected chi connectivity index (χ3v) is 4.24. The van der Waals surface area contributed by atoms with Crippen molar-refractivity contribution in [1.82, 2.24) is 0 Å². The van der Waals surface area contributed by atoms with Crippen LogP contribution in [-0.4, -0.2) is 7.11 Å². The summed E-state index contributed by atoms with van der Waals surface area (Å²) in [5, 5.41) is 4.89. The van der Waals surface area contributed by atoms with E-state index in [9.17, 15) is 0 Å². The number of ether oxygens (including phenoxy) is 1. The number of hydrogen-bond acceptors (Lipinski definition) is 2. The second kappa shape index (κ2) is 4.09. The van der Waals surface area contributed by atoms with Crippen LogP contribution in [0, 0.1) is 0 Å². The van der Waals surface area contributed by atoms with Gasteiger partial charge in [0.25, 0.3) is 0 Å². The number of alkyl halides is 1. The van der Waals surface area contributed by atoms with Gasteiger partial charge in [0.1, 0.15) is 10.8 Å². The summed E-state index contributed by atoms with van der Waals surface area (Å²) >= 11 is 11.3. The van der Waals surface area contributed by atoms with E-state index in [4.69, 9.17) is 16.3 Å². The monoisotopic (exact) mass is 290 g/mol. The average Bonchev–Trinajstić information content (AvgIpc) is 2.62. The van der Waals surface area contributed by atoms with E-state index >= 15 is 0 Å². The topological polar surface area (TPSA) is 9.23 Å². The van der Waals surface area contributed by atoms with Gasteiger partial charge in [-0.2, -0.15) is 0 Å². The molecule has 0 aliphatic carbocycles. The van der Waals surface area contributed by atoms with Crippen LogP contribution in [0.15, 0.2) is 17.5 Å².